The minimum atomic E-state index is -0.593. The highest BCUT2D eigenvalue weighted by atomic mass is 32.2. The maximum absolute atomic E-state index is 9.16. The van der Waals surface area contributed by atoms with Gasteiger partial charge >= 0.3 is 0 Å². The zero-order valence-corrected chi connectivity index (χ0v) is 27.5. The fourth-order valence-electron chi connectivity index (χ4n) is 7.94. The average Bonchev–Trinajstić information content (AvgIpc) is 3.50. The van der Waals surface area contributed by atoms with Gasteiger partial charge in [-0.3, -0.25) is 0 Å². The first-order valence-corrected chi connectivity index (χ1v) is 17.1. The van der Waals surface area contributed by atoms with Crippen molar-refractivity contribution in [3.63, 3.8) is 0 Å². The molecule has 0 fully saturated rings. The number of anilines is 3. The Morgan fingerprint density at radius 2 is 1.06 bits per heavy atom. The molecule has 2 heteroatoms. The van der Waals surface area contributed by atoms with E-state index in [4.69, 9.17) is 6.85 Å². The highest BCUT2D eigenvalue weighted by molar-refractivity contribution is 7.99. The van der Waals surface area contributed by atoms with Gasteiger partial charge in [-0.25, -0.2) is 0 Å². The van der Waals surface area contributed by atoms with E-state index in [2.05, 4.69) is 123 Å². The monoisotopic (exact) mass is 638 g/mol. The van der Waals surface area contributed by atoms with Crippen LogP contribution in [-0.2, 0) is 10.8 Å². The van der Waals surface area contributed by atoms with Crippen molar-refractivity contribution in [2.45, 2.75) is 34.5 Å². The molecule has 0 radical (unpaired) electrons. The van der Waals surface area contributed by atoms with E-state index in [1.807, 2.05) is 41.3 Å². The molecular weight excluding hydrogens is 599 g/mol. The van der Waals surface area contributed by atoms with Crippen molar-refractivity contribution in [2.75, 3.05) is 4.90 Å². The molecule has 2 aliphatic rings. The SMILES string of the molecule is [2H]c1c([2H])c([2H])c(N(c2ccc(C3(c4ccccc4)c4ccccc4-c4ccccc43)cc2)c2cccc3c2Sc2ccccc2C3(C)C)c([2H])c1[2H]. The van der Waals surface area contributed by atoms with Gasteiger partial charge in [0.1, 0.15) is 0 Å². The van der Waals surface area contributed by atoms with Crippen LogP contribution in [0.5, 0.6) is 0 Å². The fraction of sp³-hybridized carbons (Fsp3) is 0.0870. The number of rotatable bonds is 5. The van der Waals surface area contributed by atoms with Gasteiger partial charge in [-0.15, -0.1) is 0 Å². The molecule has 0 saturated heterocycles. The fourth-order valence-corrected chi connectivity index (χ4v) is 9.44. The van der Waals surface area contributed by atoms with Gasteiger partial charge in [0.05, 0.1) is 18.0 Å². The van der Waals surface area contributed by atoms with Crippen molar-refractivity contribution in [3.05, 3.63) is 209 Å². The molecule has 1 heterocycles. The van der Waals surface area contributed by atoms with E-state index in [1.54, 1.807) is 11.8 Å². The number of hydrogen-bond acceptors (Lipinski definition) is 2. The smallest absolute Gasteiger partial charge is 0.0713 e. The summed E-state index contributed by atoms with van der Waals surface area (Å²) >= 11 is 1.66. The van der Waals surface area contributed by atoms with Crippen LogP contribution in [-0.4, -0.2) is 0 Å². The van der Waals surface area contributed by atoms with Gasteiger partial charge in [0.25, 0.3) is 0 Å². The second kappa shape index (κ2) is 11.1. The van der Waals surface area contributed by atoms with Gasteiger partial charge in [0, 0.05) is 26.6 Å². The molecule has 0 amide bonds. The van der Waals surface area contributed by atoms with E-state index < -0.39 is 11.5 Å². The van der Waals surface area contributed by atoms with Crippen LogP contribution in [0.1, 0.15) is 54.1 Å². The lowest BCUT2D eigenvalue weighted by atomic mass is 9.68. The van der Waals surface area contributed by atoms with Crippen molar-refractivity contribution < 1.29 is 6.85 Å². The number of benzene rings is 7. The zero-order valence-electron chi connectivity index (χ0n) is 31.7. The summed E-state index contributed by atoms with van der Waals surface area (Å²) in [6, 6.07) is 49.1. The molecule has 230 valence electrons. The molecule has 1 nitrogen and oxygen atoms in total. The Morgan fingerprint density at radius 1 is 0.500 bits per heavy atom. The molecular formula is C46H35NS. The molecule has 48 heavy (non-hydrogen) atoms. The van der Waals surface area contributed by atoms with Crippen LogP contribution in [0.15, 0.2) is 186 Å². The summed E-state index contributed by atoms with van der Waals surface area (Å²) in [6.07, 6.45) is 0. The van der Waals surface area contributed by atoms with Gasteiger partial charge < -0.3 is 4.90 Å². The summed E-state index contributed by atoms with van der Waals surface area (Å²) in [6.45, 7) is 4.44. The van der Waals surface area contributed by atoms with Crippen molar-refractivity contribution in [3.8, 4) is 11.1 Å². The van der Waals surface area contributed by atoms with Gasteiger partial charge in [-0.05, 0) is 80.9 Å². The molecule has 9 rings (SSSR count). The topological polar surface area (TPSA) is 3.24 Å². The van der Waals surface area contributed by atoms with Crippen LogP contribution < -0.4 is 4.90 Å². The van der Waals surface area contributed by atoms with E-state index in [9.17, 15) is 0 Å². The summed E-state index contributed by atoms with van der Waals surface area (Å²) in [7, 11) is 0. The zero-order chi connectivity index (χ0) is 36.6. The van der Waals surface area contributed by atoms with Crippen LogP contribution >= 0.6 is 11.8 Å². The average molecular weight is 639 g/mol. The number of fused-ring (bicyclic) bond motifs is 5. The van der Waals surface area contributed by atoms with Gasteiger partial charge in [-0.2, -0.15) is 0 Å². The van der Waals surface area contributed by atoms with Crippen molar-refractivity contribution in [2.24, 2.45) is 0 Å². The van der Waals surface area contributed by atoms with Crippen molar-refractivity contribution >= 4 is 28.8 Å². The van der Waals surface area contributed by atoms with Crippen LogP contribution in [0, 0.1) is 0 Å². The van der Waals surface area contributed by atoms with Crippen molar-refractivity contribution in [1.29, 1.82) is 0 Å². The Labute approximate surface area is 294 Å². The van der Waals surface area contributed by atoms with Crippen LogP contribution in [0.2, 0.25) is 0 Å². The molecule has 0 atom stereocenters. The van der Waals surface area contributed by atoms with E-state index in [0.29, 0.717) is 5.69 Å². The third-order valence-electron chi connectivity index (χ3n) is 10.1. The Bertz CT molecular complexity index is 2510. The molecule has 7 aromatic rings. The number of nitrogens with zero attached hydrogens (tertiary/aromatic N) is 1. The maximum atomic E-state index is 9.16. The van der Waals surface area contributed by atoms with Crippen molar-refractivity contribution in [1.82, 2.24) is 0 Å². The summed E-state index contributed by atoms with van der Waals surface area (Å²) < 4.78 is 44.1. The van der Waals surface area contributed by atoms with Gasteiger partial charge in [-0.1, -0.05) is 165 Å². The lowest BCUT2D eigenvalue weighted by molar-refractivity contribution is 0.607. The quantitative estimate of drug-likeness (QED) is 0.185. The molecule has 1 aliphatic heterocycles. The third kappa shape index (κ3) is 4.19. The number of hydrogen-bond donors (Lipinski definition) is 0. The first kappa shape index (κ1) is 23.9. The molecule has 0 N–H and O–H groups in total. The van der Waals surface area contributed by atoms with E-state index >= 15 is 0 Å². The third-order valence-corrected chi connectivity index (χ3v) is 11.3. The van der Waals surface area contributed by atoms with E-state index in [1.165, 1.54) is 27.8 Å². The summed E-state index contributed by atoms with van der Waals surface area (Å²) in [5, 5.41) is 0. The minimum Gasteiger partial charge on any atom is -0.309 e. The highest BCUT2D eigenvalue weighted by Gasteiger charge is 2.46. The first-order chi connectivity index (χ1) is 25.7. The Kier molecular flexibility index (Phi) is 5.56. The van der Waals surface area contributed by atoms with Crippen LogP contribution in [0.4, 0.5) is 17.1 Å². The largest absolute Gasteiger partial charge is 0.309 e. The summed E-state index contributed by atoms with van der Waals surface area (Å²) in [4.78, 5) is 4.00. The van der Waals surface area contributed by atoms with E-state index in [0.717, 1.165) is 32.2 Å². The van der Waals surface area contributed by atoms with Crippen LogP contribution in [0.3, 0.4) is 0 Å². The molecule has 0 bridgehead atoms. The molecule has 0 saturated carbocycles. The lowest BCUT2D eigenvalue weighted by Crippen LogP contribution is -2.28. The molecule has 7 aromatic carbocycles. The Balaban J connectivity index is 1.30. The lowest BCUT2D eigenvalue weighted by Gasteiger charge is -2.38. The minimum absolute atomic E-state index is 0.115. The first-order valence-electron chi connectivity index (χ1n) is 18.8. The predicted molar refractivity (Wildman–Crippen MR) is 201 cm³/mol. The summed E-state index contributed by atoms with van der Waals surface area (Å²) in [5.41, 5.74) is 10.0. The molecule has 1 aliphatic carbocycles. The Hall–Kier alpha value is -5.31. The Morgan fingerprint density at radius 3 is 1.75 bits per heavy atom. The van der Waals surface area contributed by atoms with Gasteiger partial charge in [0.2, 0.25) is 0 Å². The van der Waals surface area contributed by atoms with Gasteiger partial charge in [0.15, 0.2) is 0 Å². The predicted octanol–water partition coefficient (Wildman–Crippen LogP) is 12.3. The van der Waals surface area contributed by atoms with Crippen LogP contribution in [0.25, 0.3) is 11.1 Å². The summed E-state index contributed by atoms with van der Waals surface area (Å²) in [5.74, 6) is 0. The van der Waals surface area contributed by atoms with E-state index in [-0.39, 0.29) is 35.3 Å². The second-order valence-electron chi connectivity index (χ2n) is 12.9. The highest BCUT2D eigenvalue weighted by Crippen LogP contribution is 2.57. The number of para-hydroxylation sites is 1. The maximum Gasteiger partial charge on any atom is 0.0713 e. The molecule has 0 aromatic heterocycles. The second-order valence-corrected chi connectivity index (χ2v) is 14.0. The standard InChI is InChI=1S/C46H35NS/c1-45(2)40-24-13-14-27-43(40)48-44-41(45)25-15-26-42(44)47(34-18-7-4-8-19-34)35-30-28-33(29-31-35)46(32-16-5-3-6-17-32)38-22-11-9-20-36(38)37-21-10-12-23-39(37)46/h3-31H,1-2H3/i4D,7D,8D,18D,19D. The molecule has 0 spiro atoms. The normalized spacial score (nSPS) is 16.2. The molecule has 0 unspecified atom stereocenters.